The van der Waals surface area contributed by atoms with E-state index in [1.165, 1.54) is 101 Å². The Morgan fingerprint density at radius 3 is 1.00 bits per heavy atom. The van der Waals surface area contributed by atoms with Crippen LogP contribution in [0.1, 0.15) is 116 Å². The Balaban J connectivity index is 1.27. The average molecular weight is 557 g/mol. The zero-order chi connectivity index (χ0) is 27.3. The zero-order valence-corrected chi connectivity index (χ0v) is 24.8. The third kappa shape index (κ3) is 15.5. The molecule has 2 rings (SSSR count). The molecule has 0 aliphatic carbocycles. The van der Waals surface area contributed by atoms with Crippen molar-refractivity contribution in [2.45, 2.75) is 125 Å². The molecular weight excluding hydrogens is 508 g/mol. The van der Waals surface area contributed by atoms with Gasteiger partial charge in [-0.1, -0.05) is 114 Å². The van der Waals surface area contributed by atoms with Crippen molar-refractivity contribution < 1.29 is 9.59 Å². The molecule has 0 aliphatic rings. The highest BCUT2D eigenvalue weighted by molar-refractivity contribution is 8.14. The van der Waals surface area contributed by atoms with Gasteiger partial charge >= 0.3 is 0 Å². The van der Waals surface area contributed by atoms with Crippen molar-refractivity contribution in [3.05, 3.63) is 48.5 Å². The van der Waals surface area contributed by atoms with Crippen molar-refractivity contribution in [2.24, 2.45) is 0 Å². The van der Waals surface area contributed by atoms with Gasteiger partial charge in [-0.05, 0) is 60.6 Å². The van der Waals surface area contributed by atoms with Gasteiger partial charge < -0.3 is 11.5 Å². The first kappa shape index (κ1) is 32.3. The average Bonchev–Trinajstić information content (AvgIpc) is 2.90. The van der Waals surface area contributed by atoms with E-state index in [1.807, 2.05) is 48.5 Å². The number of nitrogens with two attached hydrogens (primary N) is 2. The van der Waals surface area contributed by atoms with Crippen molar-refractivity contribution >= 4 is 45.1 Å². The number of nitrogen functional groups attached to an aromatic ring is 2. The van der Waals surface area contributed by atoms with Crippen LogP contribution in [-0.4, -0.2) is 10.2 Å². The second-order valence-electron chi connectivity index (χ2n) is 10.2. The summed E-state index contributed by atoms with van der Waals surface area (Å²) >= 11 is 2.56. The van der Waals surface area contributed by atoms with Crippen molar-refractivity contribution in [1.29, 1.82) is 0 Å². The lowest BCUT2D eigenvalue weighted by Crippen LogP contribution is -1.94. The molecule has 0 saturated heterocycles. The van der Waals surface area contributed by atoms with Crippen molar-refractivity contribution in [2.75, 3.05) is 11.5 Å². The molecule has 2 aromatic carbocycles. The van der Waals surface area contributed by atoms with Crippen LogP contribution in [0.2, 0.25) is 0 Å². The number of carbonyl (C=O) groups excluding carboxylic acids is 2. The van der Waals surface area contributed by atoms with E-state index in [-0.39, 0.29) is 10.2 Å². The summed E-state index contributed by atoms with van der Waals surface area (Å²) in [5.74, 6) is 0. The molecule has 0 aromatic heterocycles. The van der Waals surface area contributed by atoms with Crippen LogP contribution in [-0.2, 0) is 9.59 Å². The molecule has 4 N–H and O–H groups in total. The molecule has 0 radical (unpaired) electrons. The van der Waals surface area contributed by atoms with Crippen LogP contribution < -0.4 is 11.5 Å². The van der Waals surface area contributed by atoms with E-state index in [4.69, 9.17) is 11.5 Å². The van der Waals surface area contributed by atoms with E-state index >= 15 is 0 Å². The first-order valence-electron chi connectivity index (χ1n) is 14.7. The van der Waals surface area contributed by atoms with Crippen molar-refractivity contribution in [3.8, 4) is 0 Å². The van der Waals surface area contributed by atoms with Crippen LogP contribution >= 0.6 is 23.5 Å². The largest absolute Gasteiger partial charge is 0.398 e. The highest BCUT2D eigenvalue weighted by Crippen LogP contribution is 2.28. The summed E-state index contributed by atoms with van der Waals surface area (Å²) < 4.78 is 0. The van der Waals surface area contributed by atoms with Crippen LogP contribution in [0.5, 0.6) is 0 Å². The SMILES string of the molecule is Nc1ccccc1SC(=O)CCCCCCCCCCCCCCCCCCC(=O)Sc1ccccc1N. The molecule has 0 spiro atoms. The van der Waals surface area contributed by atoms with E-state index in [2.05, 4.69) is 0 Å². The molecule has 2 aromatic rings. The van der Waals surface area contributed by atoms with Crippen molar-refractivity contribution in [3.63, 3.8) is 0 Å². The number of unbranched alkanes of at least 4 members (excludes halogenated alkanes) is 15. The number of rotatable bonds is 21. The molecule has 0 amide bonds. The second kappa shape index (κ2) is 21.0. The quantitative estimate of drug-likeness (QED) is 0.0904. The first-order chi connectivity index (χ1) is 18.6. The predicted octanol–water partition coefficient (Wildman–Crippen LogP) is 9.81. The van der Waals surface area contributed by atoms with Crippen LogP contribution in [0.15, 0.2) is 58.3 Å². The molecule has 0 atom stereocenters. The summed E-state index contributed by atoms with van der Waals surface area (Å²) in [5, 5.41) is 0.443. The van der Waals surface area contributed by atoms with Gasteiger partial charge in [-0.3, -0.25) is 9.59 Å². The van der Waals surface area contributed by atoms with E-state index in [0.29, 0.717) is 24.2 Å². The smallest absolute Gasteiger partial charge is 0.193 e. The highest BCUT2D eigenvalue weighted by atomic mass is 32.2. The Morgan fingerprint density at radius 2 is 0.711 bits per heavy atom. The van der Waals surface area contributed by atoms with Gasteiger partial charge in [-0.2, -0.15) is 0 Å². The van der Waals surface area contributed by atoms with E-state index in [0.717, 1.165) is 35.5 Å². The summed E-state index contributed by atoms with van der Waals surface area (Å²) in [6.07, 6.45) is 21.4. The van der Waals surface area contributed by atoms with Gasteiger partial charge in [0.05, 0.1) is 0 Å². The fourth-order valence-electron chi connectivity index (χ4n) is 4.51. The minimum atomic E-state index is 0.222. The topological polar surface area (TPSA) is 86.2 Å². The Bertz CT molecular complexity index is 860. The normalized spacial score (nSPS) is 11.1. The number of hydrogen-bond acceptors (Lipinski definition) is 6. The molecule has 0 saturated carbocycles. The minimum absolute atomic E-state index is 0.222. The number of thioether (sulfide) groups is 2. The second-order valence-corrected chi connectivity index (χ2v) is 12.4. The minimum Gasteiger partial charge on any atom is -0.398 e. The lowest BCUT2D eigenvalue weighted by molar-refractivity contribution is -0.111. The number of benzene rings is 2. The van der Waals surface area contributed by atoms with Crippen LogP contribution in [0.25, 0.3) is 0 Å². The number of hydrogen-bond donors (Lipinski definition) is 2. The number of para-hydroxylation sites is 2. The summed E-state index contributed by atoms with van der Waals surface area (Å²) in [4.78, 5) is 26.0. The third-order valence-corrected chi connectivity index (χ3v) is 8.84. The lowest BCUT2D eigenvalue weighted by Gasteiger charge is -2.05. The maximum Gasteiger partial charge on any atom is 0.193 e. The molecule has 0 fully saturated rings. The Kier molecular flexibility index (Phi) is 17.8. The van der Waals surface area contributed by atoms with Gasteiger partial charge in [0.25, 0.3) is 0 Å². The summed E-state index contributed by atoms with van der Waals surface area (Å²) in [6.45, 7) is 0. The standard InChI is InChI=1S/C32H48N2O2S2/c33-27-21-17-19-23-29(27)37-31(35)25-15-13-11-9-7-5-3-1-2-4-6-8-10-12-14-16-26-32(36)38-30-24-20-18-22-28(30)34/h17-24H,1-16,25-26,33-34H2. The van der Waals surface area contributed by atoms with Crippen LogP contribution in [0, 0.1) is 0 Å². The van der Waals surface area contributed by atoms with E-state index in [9.17, 15) is 9.59 Å². The third-order valence-electron chi connectivity index (χ3n) is 6.80. The van der Waals surface area contributed by atoms with E-state index in [1.54, 1.807) is 0 Å². The van der Waals surface area contributed by atoms with Gasteiger partial charge in [-0.25, -0.2) is 0 Å². The number of anilines is 2. The highest BCUT2D eigenvalue weighted by Gasteiger charge is 2.08. The Hall–Kier alpha value is -1.92. The van der Waals surface area contributed by atoms with Gasteiger partial charge in [0.15, 0.2) is 10.2 Å². The van der Waals surface area contributed by atoms with Crippen LogP contribution in [0.4, 0.5) is 11.4 Å². The maximum absolute atomic E-state index is 12.1. The fraction of sp³-hybridized carbons (Fsp3) is 0.562. The fourth-order valence-corrected chi connectivity index (χ4v) is 6.16. The molecular formula is C32H48N2O2S2. The molecule has 6 heteroatoms. The summed E-state index contributed by atoms with van der Waals surface area (Å²) in [7, 11) is 0. The summed E-state index contributed by atoms with van der Waals surface area (Å²) in [5.41, 5.74) is 13.2. The Labute approximate surface area is 239 Å². The first-order valence-corrected chi connectivity index (χ1v) is 16.3. The molecule has 0 aliphatic heterocycles. The van der Waals surface area contributed by atoms with Crippen LogP contribution in [0.3, 0.4) is 0 Å². The maximum atomic E-state index is 12.1. The lowest BCUT2D eigenvalue weighted by atomic mass is 10.0. The monoisotopic (exact) mass is 556 g/mol. The molecule has 0 bridgehead atoms. The molecule has 4 nitrogen and oxygen atoms in total. The summed E-state index contributed by atoms with van der Waals surface area (Å²) in [6, 6.07) is 15.2. The molecule has 38 heavy (non-hydrogen) atoms. The van der Waals surface area contributed by atoms with Gasteiger partial charge in [0.1, 0.15) is 0 Å². The zero-order valence-electron chi connectivity index (χ0n) is 23.1. The molecule has 0 heterocycles. The Morgan fingerprint density at radius 1 is 0.447 bits per heavy atom. The van der Waals surface area contributed by atoms with E-state index < -0.39 is 0 Å². The molecule has 210 valence electrons. The van der Waals surface area contributed by atoms with Gasteiger partial charge in [-0.15, -0.1) is 0 Å². The predicted molar refractivity (Wildman–Crippen MR) is 167 cm³/mol. The van der Waals surface area contributed by atoms with Gasteiger partial charge in [0, 0.05) is 34.0 Å². The van der Waals surface area contributed by atoms with Gasteiger partial charge in [0.2, 0.25) is 0 Å². The molecule has 0 unspecified atom stereocenters. The number of carbonyl (C=O) groups is 2. The van der Waals surface area contributed by atoms with Crippen molar-refractivity contribution in [1.82, 2.24) is 0 Å².